The van der Waals surface area contributed by atoms with E-state index in [9.17, 15) is 46.3 Å². The Labute approximate surface area is 890 Å². The summed E-state index contributed by atoms with van der Waals surface area (Å²) in [5, 5.41) is 51.8. The molecule has 16 nitrogen and oxygen atoms in total. The van der Waals surface area contributed by atoms with Gasteiger partial charge in [0.05, 0.1) is 127 Å². The monoisotopic (exact) mass is 2600 g/mol. The van der Waals surface area contributed by atoms with Crippen molar-refractivity contribution >= 4 is 144 Å². The minimum atomic E-state index is -3.67. The number of ether oxygens (including phenoxy) is 4. The molecule has 12 fully saturated rings. The molecule has 8 bridgehead atoms. The summed E-state index contributed by atoms with van der Waals surface area (Å²) in [5.41, 5.74) is 2.39. The first-order valence-electron chi connectivity index (χ1n) is 45.1. The number of alkyl halides is 2. The van der Waals surface area contributed by atoms with Crippen molar-refractivity contribution in [3.05, 3.63) is 271 Å². The van der Waals surface area contributed by atoms with E-state index in [1.165, 1.54) is 6.42 Å². The van der Waals surface area contributed by atoms with Gasteiger partial charge in [-0.15, -0.1) is 26.3 Å². The van der Waals surface area contributed by atoms with Crippen molar-refractivity contribution in [1.29, 1.82) is 0 Å². The fourth-order valence-corrected chi connectivity index (χ4v) is 23.7. The molecular weight excluding hydrogens is 2490 g/mol. The van der Waals surface area contributed by atoms with Crippen LogP contribution >= 0.6 is 85.1 Å². The zero-order valence-electron chi connectivity index (χ0n) is 78.3. The van der Waals surface area contributed by atoms with E-state index in [1.54, 1.807) is 102 Å². The topological polar surface area (TPSA) is 169 Å². The molecule has 12 saturated heterocycles. The van der Waals surface area contributed by atoms with Gasteiger partial charge in [-0.05, 0) is 149 Å². The Balaban J connectivity index is 0.000000291. The third-order valence-electron chi connectivity index (χ3n) is 30.5. The first-order chi connectivity index (χ1) is 65.0. The fourth-order valence-electron chi connectivity index (χ4n) is 23.7. The molecule has 0 radical (unpaired) electrons. The summed E-state index contributed by atoms with van der Waals surface area (Å²) in [5.74, 6) is -8.24. The van der Waals surface area contributed by atoms with Crippen LogP contribution in [0.2, 0.25) is 0 Å². The van der Waals surface area contributed by atoms with Gasteiger partial charge in [-0.25, -0.2) is 35.1 Å². The van der Waals surface area contributed by atoms with E-state index in [4.69, 9.17) is 18.9 Å². The van der Waals surface area contributed by atoms with Gasteiger partial charge in [0, 0.05) is 121 Å². The summed E-state index contributed by atoms with van der Waals surface area (Å²) < 4.78 is 215. The van der Waals surface area contributed by atoms with Crippen LogP contribution in [0.3, 0.4) is 0 Å². The van der Waals surface area contributed by atoms with Crippen LogP contribution in [-0.4, -0.2) is 180 Å². The number of quaternary nitrogens is 4. The van der Waals surface area contributed by atoms with E-state index in [0.717, 1.165) is 1.93 Å². The summed E-state index contributed by atoms with van der Waals surface area (Å²) in [6.45, 7) is 20.5. The average molecular weight is 2600 g/mol. The molecule has 12 aliphatic rings. The summed E-state index contributed by atoms with van der Waals surface area (Å²) in [6.07, 6.45) is 15.9. The molecule has 0 spiro atoms. The second-order valence-electron chi connectivity index (χ2n) is 36.8. The van der Waals surface area contributed by atoms with E-state index in [2.05, 4.69) is 138 Å². The molecule has 4 N–H and O–H groups in total. The first kappa shape index (κ1) is 120. The molecule has 22 rings (SSSR count). The van der Waals surface area contributed by atoms with Crippen LogP contribution in [-0.2, 0) is 35.6 Å². The Hall–Kier alpha value is -5.73. The number of piperidine rings is 12. The molecule has 10 aromatic rings. The molecule has 0 aliphatic carbocycles. The Morgan fingerprint density at radius 2 is 0.560 bits per heavy atom. The van der Waals surface area contributed by atoms with Gasteiger partial charge < -0.3 is 108 Å². The second-order valence-corrected chi connectivity index (χ2v) is 54.0. The Bertz CT molecular complexity index is 5240. The van der Waals surface area contributed by atoms with Gasteiger partial charge in [0.25, 0.3) is 0 Å². The van der Waals surface area contributed by atoms with Gasteiger partial charge in [0.2, 0.25) is 0 Å². The third kappa shape index (κ3) is 25.4. The van der Waals surface area contributed by atoms with Crippen molar-refractivity contribution < 1.29 is 171 Å². The number of fused-ring (bicyclic) bond motifs is 16. The van der Waals surface area contributed by atoms with Crippen molar-refractivity contribution in [2.24, 2.45) is 47.3 Å². The number of methoxy groups -OCH3 is 4. The number of benzene rings is 6. The summed E-state index contributed by atoms with van der Waals surface area (Å²) in [6, 6.07) is 26.5. The number of aliphatic hydroxyl groups excluding tert-OH is 4. The molecule has 4 aromatic heterocycles. The number of nitrogens with zero attached hydrogens (tertiary/aromatic N) is 8. The molecule has 20 atom stereocenters. The normalized spacial score (nSPS) is 25.8. The number of rotatable bonds is 25. The minimum absolute atomic E-state index is 0. The van der Waals surface area contributed by atoms with Crippen LogP contribution in [0.15, 0.2) is 172 Å². The Morgan fingerprint density at radius 1 is 0.383 bits per heavy atom. The van der Waals surface area contributed by atoms with Gasteiger partial charge in [0.1, 0.15) is 97.8 Å². The fraction of sp³-hybridized carbons (Fsp3) is 0.430. The van der Waals surface area contributed by atoms with Crippen LogP contribution in [0.5, 0.6) is 23.0 Å². The van der Waals surface area contributed by atoms with Gasteiger partial charge in [-0.2, -0.15) is 0 Å². The molecule has 12 aliphatic heterocycles. The molecule has 0 saturated carbocycles. The number of hydrogen-bond acceptors (Lipinski definition) is 12. The summed E-state index contributed by atoms with van der Waals surface area (Å²) >= 11 is 9.52. The van der Waals surface area contributed by atoms with Crippen LogP contribution in [0, 0.1) is 101 Å². The van der Waals surface area contributed by atoms with Crippen LogP contribution in [0.1, 0.15) is 134 Å². The van der Waals surface area contributed by atoms with Crippen molar-refractivity contribution in [2.75, 3.05) is 80.8 Å². The third-order valence-corrected chi connectivity index (χ3v) is 32.2. The molecule has 141 heavy (non-hydrogen) atoms. The molecule has 16 heterocycles. The number of aliphatic hydroxyl groups is 4. The molecule has 41 heteroatoms. The van der Waals surface area contributed by atoms with Crippen molar-refractivity contribution in [3.8, 4) is 23.0 Å². The van der Waals surface area contributed by atoms with E-state index in [1.807, 2.05) is 72.8 Å². The molecule has 0 amide bonds. The van der Waals surface area contributed by atoms with Crippen LogP contribution in [0.4, 0.5) is 61.0 Å². The Kier molecular flexibility index (Phi) is 44.8. The number of hydrogen-bond donors (Lipinski definition) is 4. The van der Waals surface area contributed by atoms with Gasteiger partial charge in [0.15, 0.2) is 46.5 Å². The van der Waals surface area contributed by atoms with E-state index >= 15 is 35.1 Å². The molecule has 0 unspecified atom stereocenters. The summed E-state index contributed by atoms with van der Waals surface area (Å²) in [7, 11) is -0.477. The maximum atomic E-state index is 16.8. The summed E-state index contributed by atoms with van der Waals surface area (Å²) in [4.78, 5) is 17.9. The predicted molar refractivity (Wildman–Crippen MR) is 536 cm³/mol. The molecule has 6 aromatic carbocycles. The number of aromatic nitrogens is 4. The van der Waals surface area contributed by atoms with Crippen molar-refractivity contribution in [1.82, 2.24) is 19.9 Å². The quantitative estimate of drug-likeness (QED) is 0.00625. The van der Waals surface area contributed by atoms with Gasteiger partial charge in [-0.3, -0.25) is 45.8 Å². The number of halogens is 22. The number of pyridine rings is 4. The van der Waals surface area contributed by atoms with Gasteiger partial charge in [-0.1, -0.05) is 76.4 Å². The van der Waals surface area contributed by atoms with E-state index in [0.29, 0.717) is 202 Å². The van der Waals surface area contributed by atoms with Crippen molar-refractivity contribution in [2.45, 2.75) is 141 Å². The zero-order chi connectivity index (χ0) is 98.3. The zero-order valence-corrected chi connectivity index (χ0v) is 91.5. The first-order valence-corrected chi connectivity index (χ1v) is 56.6. The van der Waals surface area contributed by atoms with E-state index in [-0.39, 0.29) is 142 Å². The molecule has 767 valence electrons. The standard InChI is InChI=1S/2C48H52F4N4O4.C3H6I2.CH3.2BF3.2BrH.2FH.2HI.V/c2*1-5-27-23-55(17-13-29(27)19-41(55)47(57)33-11-15-53-39-9-7-31(59-3)21-35(33)39)25-37-43(49)45(51)38(46(52)44(37)50)26-56-18-14-30(28(6-2)24-56)20-42(56)48(58)34-12-16-54-40-10-8-32(60-4)22-36(34)40;1-2-3(4)5;;2*2-1(3)4;;;;;;;/h2*5-12,15-16,21-22,27-30,41-42,47-48,57-58H,1-2,13-14,17-20,23-26H2,3-4H3;3H,2H2,1H3;1H3;;;6*1H;/q2*+2;;-1;;;;;;;;;+2/p-6/t2*27-,28-,29-,30-,41-,42-,47+,48+,55-,56-;;;;;;;;;;;/m00.........../s1. The van der Waals surface area contributed by atoms with Crippen LogP contribution < -0.4 is 62.3 Å². The maximum absolute atomic E-state index is 16.8. The van der Waals surface area contributed by atoms with Crippen molar-refractivity contribution in [3.63, 3.8) is 0 Å². The SMILES string of the molecule is C=C[C@H]1C[N@+]2(Cc3c(F)c(F)c(C[N@@+]45CC[C@@H](C[C@H]4[C@H](O)c4ccnc6ccc(OC)cc46)[C@@H](C=C)C5)c(F)c3F)CC[C@H]1C[C@H]2[C@H](O)c1ccnc2ccc(OC)cc12.C=C[C@H]1C[N@+]2(Cc3c(F)c(F)c(C[N@@+]45CC[C@@H](C[C@H]4[C@H](O)c4ccnc6ccc(OC)cc46)[C@@H](C=C)C5)c(F)c3F)CC[C@H]1C[C@H]2[C@H](O)c1ccnc2ccc(OC)cc12.CCC(I)I.FB(F)F.FB(F)F.[Br-].[Br-].[CH3-].[F-].[F-].[I][V][I]. The van der Waals surface area contributed by atoms with Gasteiger partial charge >= 0.3 is 64.5 Å². The second kappa shape index (κ2) is 52.4. The predicted octanol–water partition coefficient (Wildman–Crippen LogP) is 11.9. The molecular formula is C100H113B2Br2F16I4N8O8V-. The van der Waals surface area contributed by atoms with E-state index < -0.39 is 132 Å². The average Bonchev–Trinajstić information content (AvgIpc) is 0.732. The Morgan fingerprint density at radius 3 is 0.716 bits per heavy atom. The van der Waals surface area contributed by atoms with Crippen LogP contribution in [0.25, 0.3) is 43.6 Å².